The van der Waals surface area contributed by atoms with Gasteiger partial charge >= 0.3 is 0 Å². The van der Waals surface area contributed by atoms with Gasteiger partial charge in [-0.1, -0.05) is 47.0 Å². The molecule has 102 valence electrons. The molecule has 0 aromatic rings. The Labute approximate surface area is 108 Å². The van der Waals surface area contributed by atoms with Crippen LogP contribution in [-0.2, 0) is 0 Å². The van der Waals surface area contributed by atoms with Crippen LogP contribution in [0.4, 0.5) is 0 Å². The zero-order valence-electron chi connectivity index (χ0n) is 12.4. The maximum Gasteiger partial charge on any atom is 0.0331 e. The van der Waals surface area contributed by atoms with E-state index in [-0.39, 0.29) is 0 Å². The number of nitrogens with zero attached hydrogens (tertiary/aromatic N) is 1. The molecule has 0 spiro atoms. The van der Waals surface area contributed by atoms with Crippen LogP contribution in [0.5, 0.6) is 0 Å². The fraction of sp³-hybridized carbons (Fsp3) is 1.00. The Kier molecular flexibility index (Phi) is 5.46. The molecule has 0 aromatic heterocycles. The average Bonchev–Trinajstić information content (AvgIpc) is 2.29. The minimum absolute atomic E-state index is 0.318. The summed E-state index contributed by atoms with van der Waals surface area (Å²) in [6, 6.07) is 0. The fourth-order valence-corrected chi connectivity index (χ4v) is 3.06. The van der Waals surface area contributed by atoms with Crippen LogP contribution in [0.15, 0.2) is 0 Å². The second-order valence-corrected chi connectivity index (χ2v) is 6.88. The Hall–Kier alpha value is -0.0800. The first kappa shape index (κ1) is 15.0. The van der Waals surface area contributed by atoms with Crippen LogP contribution >= 0.6 is 0 Å². The van der Waals surface area contributed by atoms with Gasteiger partial charge in [-0.05, 0) is 37.8 Å². The molecule has 1 saturated carbocycles. The second-order valence-electron chi connectivity index (χ2n) is 6.88. The SMILES string of the molecule is CCN(CCC(C)(C)C)C1(CN)CCCCC1. The number of hydrogen-bond donors (Lipinski definition) is 1. The smallest absolute Gasteiger partial charge is 0.0331 e. The third-order valence-corrected chi connectivity index (χ3v) is 4.35. The lowest BCUT2D eigenvalue weighted by Gasteiger charge is -2.46. The Morgan fingerprint density at radius 3 is 2.12 bits per heavy atom. The van der Waals surface area contributed by atoms with Gasteiger partial charge in [-0.2, -0.15) is 0 Å². The summed E-state index contributed by atoms with van der Waals surface area (Å²) < 4.78 is 0. The van der Waals surface area contributed by atoms with E-state index < -0.39 is 0 Å². The normalized spacial score (nSPS) is 20.8. The summed E-state index contributed by atoms with van der Waals surface area (Å²) in [6.07, 6.45) is 8.01. The van der Waals surface area contributed by atoms with Gasteiger partial charge < -0.3 is 5.73 Å². The summed E-state index contributed by atoms with van der Waals surface area (Å²) in [6.45, 7) is 12.5. The molecule has 1 fully saturated rings. The highest BCUT2D eigenvalue weighted by Crippen LogP contribution is 2.34. The standard InChI is InChI=1S/C15H32N2/c1-5-17(12-11-14(2,3)4)15(13-16)9-7-6-8-10-15/h5-13,16H2,1-4H3. The van der Waals surface area contributed by atoms with Gasteiger partial charge in [0.1, 0.15) is 0 Å². The van der Waals surface area contributed by atoms with Crippen LogP contribution in [-0.4, -0.2) is 30.1 Å². The summed E-state index contributed by atoms with van der Waals surface area (Å²) in [5.74, 6) is 0. The molecule has 0 bridgehead atoms. The zero-order valence-corrected chi connectivity index (χ0v) is 12.4. The van der Waals surface area contributed by atoms with E-state index in [1.165, 1.54) is 45.1 Å². The van der Waals surface area contributed by atoms with Crippen molar-refractivity contribution in [1.82, 2.24) is 4.90 Å². The molecule has 0 unspecified atom stereocenters. The summed E-state index contributed by atoms with van der Waals surface area (Å²) >= 11 is 0. The van der Waals surface area contributed by atoms with Gasteiger partial charge in [-0.15, -0.1) is 0 Å². The topological polar surface area (TPSA) is 29.3 Å². The molecule has 0 aromatic carbocycles. The van der Waals surface area contributed by atoms with Crippen LogP contribution < -0.4 is 5.73 Å². The van der Waals surface area contributed by atoms with Crippen molar-refractivity contribution in [3.8, 4) is 0 Å². The van der Waals surface area contributed by atoms with Crippen LogP contribution in [0, 0.1) is 5.41 Å². The number of nitrogens with two attached hydrogens (primary N) is 1. The van der Waals surface area contributed by atoms with E-state index in [0.717, 1.165) is 13.1 Å². The highest BCUT2D eigenvalue weighted by atomic mass is 15.2. The maximum absolute atomic E-state index is 6.11. The molecule has 1 aliphatic carbocycles. The van der Waals surface area contributed by atoms with Crippen molar-refractivity contribution >= 4 is 0 Å². The van der Waals surface area contributed by atoms with Gasteiger partial charge in [0.05, 0.1) is 0 Å². The Morgan fingerprint density at radius 2 is 1.71 bits per heavy atom. The van der Waals surface area contributed by atoms with Crippen molar-refractivity contribution in [3.05, 3.63) is 0 Å². The van der Waals surface area contributed by atoms with Gasteiger partial charge in [-0.3, -0.25) is 4.90 Å². The highest BCUT2D eigenvalue weighted by molar-refractivity contribution is 4.94. The van der Waals surface area contributed by atoms with E-state index in [1.54, 1.807) is 0 Å². The Morgan fingerprint density at radius 1 is 1.12 bits per heavy atom. The molecule has 0 aliphatic heterocycles. The third kappa shape index (κ3) is 4.26. The second kappa shape index (κ2) is 6.19. The molecule has 1 rings (SSSR count). The molecule has 0 heterocycles. The van der Waals surface area contributed by atoms with Gasteiger partial charge in [-0.25, -0.2) is 0 Å². The average molecular weight is 240 g/mol. The number of hydrogen-bond acceptors (Lipinski definition) is 2. The third-order valence-electron chi connectivity index (χ3n) is 4.35. The summed E-state index contributed by atoms with van der Waals surface area (Å²) in [7, 11) is 0. The van der Waals surface area contributed by atoms with Crippen LogP contribution in [0.3, 0.4) is 0 Å². The Balaban J connectivity index is 2.62. The highest BCUT2D eigenvalue weighted by Gasteiger charge is 2.35. The number of likely N-dealkylation sites (N-methyl/N-ethyl adjacent to an activating group) is 1. The zero-order chi connectivity index (χ0) is 12.9. The quantitative estimate of drug-likeness (QED) is 0.798. The van der Waals surface area contributed by atoms with Crippen LogP contribution in [0.1, 0.15) is 66.2 Å². The van der Waals surface area contributed by atoms with E-state index in [0.29, 0.717) is 11.0 Å². The lowest BCUT2D eigenvalue weighted by Crippen LogP contribution is -2.55. The largest absolute Gasteiger partial charge is 0.329 e. The molecule has 2 nitrogen and oxygen atoms in total. The van der Waals surface area contributed by atoms with E-state index in [9.17, 15) is 0 Å². The van der Waals surface area contributed by atoms with E-state index in [4.69, 9.17) is 5.73 Å². The number of rotatable bonds is 5. The molecule has 17 heavy (non-hydrogen) atoms. The van der Waals surface area contributed by atoms with E-state index in [2.05, 4.69) is 32.6 Å². The van der Waals surface area contributed by atoms with Gasteiger partial charge in [0.25, 0.3) is 0 Å². The lowest BCUT2D eigenvalue weighted by molar-refractivity contribution is 0.0522. The Bertz CT molecular complexity index is 211. The van der Waals surface area contributed by atoms with Gasteiger partial charge in [0.2, 0.25) is 0 Å². The lowest BCUT2D eigenvalue weighted by atomic mass is 9.79. The van der Waals surface area contributed by atoms with Crippen LogP contribution in [0.25, 0.3) is 0 Å². The van der Waals surface area contributed by atoms with E-state index >= 15 is 0 Å². The molecule has 0 saturated heterocycles. The molecule has 0 amide bonds. The molecular weight excluding hydrogens is 208 g/mol. The van der Waals surface area contributed by atoms with Crippen molar-refractivity contribution < 1.29 is 0 Å². The first-order valence-corrected chi connectivity index (χ1v) is 7.39. The van der Waals surface area contributed by atoms with Crippen molar-refractivity contribution in [1.29, 1.82) is 0 Å². The summed E-state index contributed by atoms with van der Waals surface area (Å²) in [4.78, 5) is 2.66. The summed E-state index contributed by atoms with van der Waals surface area (Å²) in [5.41, 5.74) is 6.86. The minimum atomic E-state index is 0.318. The summed E-state index contributed by atoms with van der Waals surface area (Å²) in [5, 5.41) is 0. The van der Waals surface area contributed by atoms with Crippen LogP contribution in [0.2, 0.25) is 0 Å². The van der Waals surface area contributed by atoms with Crippen molar-refractivity contribution in [2.24, 2.45) is 11.1 Å². The maximum atomic E-state index is 6.11. The minimum Gasteiger partial charge on any atom is -0.329 e. The molecule has 1 aliphatic rings. The van der Waals surface area contributed by atoms with Crippen molar-refractivity contribution in [3.63, 3.8) is 0 Å². The molecule has 0 atom stereocenters. The van der Waals surface area contributed by atoms with E-state index in [1.807, 2.05) is 0 Å². The predicted molar refractivity (Wildman–Crippen MR) is 76.2 cm³/mol. The molecule has 2 heteroatoms. The first-order chi connectivity index (χ1) is 7.93. The van der Waals surface area contributed by atoms with Crippen molar-refractivity contribution in [2.75, 3.05) is 19.6 Å². The molecule has 2 N–H and O–H groups in total. The fourth-order valence-electron chi connectivity index (χ4n) is 3.06. The van der Waals surface area contributed by atoms with Crippen molar-refractivity contribution in [2.45, 2.75) is 71.8 Å². The molecule has 0 radical (unpaired) electrons. The monoisotopic (exact) mass is 240 g/mol. The van der Waals surface area contributed by atoms with Gasteiger partial charge in [0.15, 0.2) is 0 Å². The first-order valence-electron chi connectivity index (χ1n) is 7.39. The molecular formula is C15H32N2. The predicted octanol–water partition coefficient (Wildman–Crippen LogP) is 3.41. The van der Waals surface area contributed by atoms with Gasteiger partial charge in [0, 0.05) is 12.1 Å².